The first-order valence-electron chi connectivity index (χ1n) is 18.2. The number of phosphoric ester groups is 1. The van der Waals surface area contributed by atoms with E-state index < -0.39 is 26.5 Å². The Labute approximate surface area is 276 Å². The molecule has 10 heteroatoms. The van der Waals surface area contributed by atoms with Crippen LogP contribution in [0, 0.1) is 0 Å². The molecule has 0 aromatic carbocycles. The molecule has 0 radical (unpaired) electrons. The molecule has 0 aromatic rings. The van der Waals surface area contributed by atoms with E-state index in [0.717, 1.165) is 38.5 Å². The van der Waals surface area contributed by atoms with Crippen molar-refractivity contribution in [1.29, 1.82) is 0 Å². The third-order valence-electron chi connectivity index (χ3n) is 7.88. The number of hydrogen-bond donors (Lipinski definition) is 0. The lowest BCUT2D eigenvalue weighted by atomic mass is 10.0. The van der Waals surface area contributed by atoms with Gasteiger partial charge in [-0.3, -0.25) is 14.2 Å². The number of hydrogen-bond acceptors (Lipinski definition) is 8. The van der Waals surface area contributed by atoms with Crippen LogP contribution in [0.25, 0.3) is 0 Å². The lowest BCUT2D eigenvalue weighted by molar-refractivity contribution is -0.870. The second kappa shape index (κ2) is 29.2. The highest BCUT2D eigenvalue weighted by molar-refractivity contribution is 7.45. The first-order valence-corrected chi connectivity index (χ1v) is 19.7. The SMILES string of the molecule is CCCCCCCCCCCCCCCC(=O)OCC(COP(=O)([O-])OCC[N+](C)(C)C)OC(=O)CCCCCCCCCC. The number of unbranched alkanes of at least 4 members (excludes halogenated alkanes) is 19. The van der Waals surface area contributed by atoms with E-state index in [1.54, 1.807) is 0 Å². The van der Waals surface area contributed by atoms with Crippen LogP contribution < -0.4 is 4.89 Å². The van der Waals surface area contributed by atoms with Gasteiger partial charge in [0.15, 0.2) is 6.10 Å². The van der Waals surface area contributed by atoms with Crippen LogP contribution in [0.2, 0.25) is 0 Å². The summed E-state index contributed by atoms with van der Waals surface area (Å²) in [6.45, 7) is 4.18. The van der Waals surface area contributed by atoms with Crippen LogP contribution >= 0.6 is 7.82 Å². The molecule has 0 bridgehead atoms. The number of carbonyl (C=O) groups excluding carboxylic acids is 2. The van der Waals surface area contributed by atoms with Gasteiger partial charge in [-0.2, -0.15) is 0 Å². The van der Waals surface area contributed by atoms with Gasteiger partial charge in [-0.25, -0.2) is 0 Å². The molecule has 0 fully saturated rings. The number of ether oxygens (including phenoxy) is 2. The van der Waals surface area contributed by atoms with Crippen LogP contribution in [0.1, 0.15) is 162 Å². The average Bonchev–Trinajstić information content (AvgIpc) is 2.97. The summed E-state index contributed by atoms with van der Waals surface area (Å²) in [5.74, 6) is -0.833. The summed E-state index contributed by atoms with van der Waals surface area (Å²) in [5.41, 5.74) is 0. The van der Waals surface area contributed by atoms with Crippen molar-refractivity contribution >= 4 is 19.8 Å². The number of carbonyl (C=O) groups is 2. The fourth-order valence-electron chi connectivity index (χ4n) is 4.95. The van der Waals surface area contributed by atoms with Crippen molar-refractivity contribution in [2.45, 2.75) is 168 Å². The molecule has 0 saturated heterocycles. The summed E-state index contributed by atoms with van der Waals surface area (Å²) in [7, 11) is 1.17. The lowest BCUT2D eigenvalue weighted by Crippen LogP contribution is -2.37. The Morgan fingerprint density at radius 2 is 1.00 bits per heavy atom. The van der Waals surface area contributed by atoms with Crippen LogP contribution in [-0.2, 0) is 32.7 Å². The van der Waals surface area contributed by atoms with E-state index in [-0.39, 0.29) is 32.0 Å². The first kappa shape index (κ1) is 44.0. The third-order valence-corrected chi connectivity index (χ3v) is 8.84. The van der Waals surface area contributed by atoms with Crippen LogP contribution in [0.5, 0.6) is 0 Å². The minimum Gasteiger partial charge on any atom is -0.756 e. The van der Waals surface area contributed by atoms with E-state index in [0.29, 0.717) is 17.4 Å². The number of rotatable bonds is 33. The fraction of sp³-hybridized carbons (Fsp3) is 0.943. The standard InChI is InChI=1S/C35H70NO8P/c1-6-8-10-12-14-16-17-18-19-20-22-23-25-27-34(37)41-31-33(32-43-45(39,40)42-30-29-36(3,4)5)44-35(38)28-26-24-21-15-13-11-9-7-2/h33H,6-32H2,1-5H3. The second-order valence-electron chi connectivity index (χ2n) is 13.6. The van der Waals surface area contributed by atoms with Crippen LogP contribution in [-0.4, -0.2) is 70.0 Å². The molecule has 0 aliphatic rings. The zero-order valence-corrected chi connectivity index (χ0v) is 30.7. The Hall–Kier alpha value is -0.990. The van der Waals surface area contributed by atoms with E-state index >= 15 is 0 Å². The molecule has 0 spiro atoms. The third kappa shape index (κ3) is 32.7. The monoisotopic (exact) mass is 663 g/mol. The molecule has 0 N–H and O–H groups in total. The predicted octanol–water partition coefficient (Wildman–Crippen LogP) is 8.66. The summed E-state index contributed by atoms with van der Waals surface area (Å²) in [4.78, 5) is 37.1. The van der Waals surface area contributed by atoms with E-state index in [2.05, 4.69) is 13.8 Å². The molecule has 268 valence electrons. The number of nitrogens with zero attached hydrogens (tertiary/aromatic N) is 1. The van der Waals surface area contributed by atoms with Gasteiger partial charge in [0, 0.05) is 12.8 Å². The Bertz CT molecular complexity index is 758. The minimum absolute atomic E-state index is 0.0265. The molecular weight excluding hydrogens is 593 g/mol. The number of phosphoric acid groups is 1. The highest BCUT2D eigenvalue weighted by atomic mass is 31.2. The van der Waals surface area contributed by atoms with Crippen molar-refractivity contribution in [1.82, 2.24) is 0 Å². The molecule has 0 rings (SSSR count). The Kier molecular flexibility index (Phi) is 28.5. The molecular formula is C35H70NO8P. The van der Waals surface area contributed by atoms with Gasteiger partial charge < -0.3 is 27.9 Å². The van der Waals surface area contributed by atoms with Crippen LogP contribution in [0.3, 0.4) is 0 Å². The largest absolute Gasteiger partial charge is 0.756 e. The molecule has 0 amide bonds. The van der Waals surface area contributed by atoms with Gasteiger partial charge >= 0.3 is 11.9 Å². The minimum atomic E-state index is -4.60. The summed E-state index contributed by atoms with van der Waals surface area (Å²) in [6, 6.07) is 0. The average molecular weight is 664 g/mol. The zero-order chi connectivity index (χ0) is 33.7. The smallest absolute Gasteiger partial charge is 0.306 e. The van der Waals surface area contributed by atoms with Gasteiger partial charge in [-0.15, -0.1) is 0 Å². The molecule has 2 unspecified atom stereocenters. The van der Waals surface area contributed by atoms with Crippen molar-refractivity contribution in [3.63, 3.8) is 0 Å². The first-order chi connectivity index (χ1) is 21.5. The van der Waals surface area contributed by atoms with Crippen molar-refractivity contribution < 1.29 is 42.1 Å². The molecule has 2 atom stereocenters. The van der Waals surface area contributed by atoms with Crippen LogP contribution in [0.15, 0.2) is 0 Å². The van der Waals surface area contributed by atoms with E-state index in [1.807, 2.05) is 21.1 Å². The quantitative estimate of drug-likeness (QED) is 0.0297. The molecule has 45 heavy (non-hydrogen) atoms. The molecule has 0 saturated carbocycles. The highest BCUT2D eigenvalue weighted by Gasteiger charge is 2.21. The number of esters is 2. The topological polar surface area (TPSA) is 111 Å². The normalized spacial score (nSPS) is 13.8. The maximum absolute atomic E-state index is 12.5. The Morgan fingerprint density at radius 1 is 0.600 bits per heavy atom. The molecule has 0 heterocycles. The predicted molar refractivity (Wildman–Crippen MR) is 181 cm³/mol. The van der Waals surface area contributed by atoms with E-state index in [9.17, 15) is 19.0 Å². The van der Waals surface area contributed by atoms with Crippen molar-refractivity contribution in [3.8, 4) is 0 Å². The van der Waals surface area contributed by atoms with E-state index in [1.165, 1.54) is 89.9 Å². The summed E-state index contributed by atoms with van der Waals surface area (Å²) < 4.78 is 33.6. The summed E-state index contributed by atoms with van der Waals surface area (Å²) in [5, 5.41) is 0. The zero-order valence-electron chi connectivity index (χ0n) is 29.8. The summed E-state index contributed by atoms with van der Waals surface area (Å²) in [6.07, 6.45) is 24.2. The van der Waals surface area contributed by atoms with Gasteiger partial charge in [0.1, 0.15) is 19.8 Å². The fourth-order valence-corrected chi connectivity index (χ4v) is 5.68. The number of likely N-dealkylation sites (N-methyl/N-ethyl adjacent to an activating group) is 1. The second-order valence-corrected chi connectivity index (χ2v) is 15.0. The van der Waals surface area contributed by atoms with Gasteiger partial charge in [-0.1, -0.05) is 136 Å². The van der Waals surface area contributed by atoms with Crippen molar-refractivity contribution in [2.75, 3.05) is 47.5 Å². The molecule has 0 aliphatic carbocycles. The van der Waals surface area contributed by atoms with Crippen molar-refractivity contribution in [3.05, 3.63) is 0 Å². The van der Waals surface area contributed by atoms with Gasteiger partial charge in [0.2, 0.25) is 0 Å². The highest BCUT2D eigenvalue weighted by Crippen LogP contribution is 2.38. The Balaban J connectivity index is 4.40. The van der Waals surface area contributed by atoms with Gasteiger partial charge in [-0.05, 0) is 12.8 Å². The molecule has 0 aliphatic heterocycles. The number of quaternary nitrogens is 1. The van der Waals surface area contributed by atoms with Gasteiger partial charge in [0.25, 0.3) is 7.82 Å². The maximum atomic E-state index is 12.5. The van der Waals surface area contributed by atoms with Gasteiger partial charge in [0.05, 0.1) is 27.7 Å². The van der Waals surface area contributed by atoms with E-state index in [4.69, 9.17) is 18.5 Å². The molecule has 0 aromatic heterocycles. The van der Waals surface area contributed by atoms with Crippen LogP contribution in [0.4, 0.5) is 0 Å². The van der Waals surface area contributed by atoms with Crippen molar-refractivity contribution in [2.24, 2.45) is 0 Å². The summed E-state index contributed by atoms with van der Waals surface area (Å²) >= 11 is 0. The molecule has 9 nitrogen and oxygen atoms in total. The Morgan fingerprint density at radius 3 is 1.42 bits per heavy atom. The lowest BCUT2D eigenvalue weighted by Gasteiger charge is -2.28. The maximum Gasteiger partial charge on any atom is 0.306 e.